The van der Waals surface area contributed by atoms with Crippen molar-refractivity contribution in [3.8, 4) is 5.75 Å². The number of para-hydroxylation sites is 1. The average Bonchev–Trinajstić information content (AvgIpc) is 2.80. The molecule has 0 amide bonds. The number of nitrogens with zero attached hydrogens (tertiary/aromatic N) is 2. The van der Waals surface area contributed by atoms with Gasteiger partial charge in [0.15, 0.2) is 0 Å². The molecule has 0 saturated carbocycles. The first-order valence-electron chi connectivity index (χ1n) is 8.11. The Kier molecular flexibility index (Phi) is 6.75. The Morgan fingerprint density at radius 3 is 2.81 bits per heavy atom. The topological polar surface area (TPSA) is 146 Å². The van der Waals surface area contributed by atoms with Crippen LogP contribution in [-0.2, 0) is 6.42 Å². The summed E-state index contributed by atoms with van der Waals surface area (Å²) in [5.41, 5.74) is 0.353. The van der Waals surface area contributed by atoms with Gasteiger partial charge in [0.05, 0.1) is 5.71 Å². The lowest BCUT2D eigenvalue weighted by molar-refractivity contribution is 0.0693. The fourth-order valence-electron chi connectivity index (χ4n) is 2.65. The first-order valence-corrected chi connectivity index (χ1v) is 8.11. The van der Waals surface area contributed by atoms with Crippen molar-refractivity contribution in [3.63, 3.8) is 0 Å². The number of benzene rings is 1. The summed E-state index contributed by atoms with van der Waals surface area (Å²) in [6.45, 7) is 0. The van der Waals surface area contributed by atoms with Crippen LogP contribution in [0.3, 0.4) is 0 Å². The van der Waals surface area contributed by atoms with E-state index in [-0.39, 0.29) is 17.5 Å². The van der Waals surface area contributed by atoms with E-state index in [0.29, 0.717) is 18.6 Å². The van der Waals surface area contributed by atoms with Gasteiger partial charge in [-0.15, -0.1) is 0 Å². The Morgan fingerprint density at radius 1 is 1.42 bits per heavy atom. The predicted octanol–water partition coefficient (Wildman–Crippen LogP) is -0.483. The predicted molar refractivity (Wildman–Crippen MR) is 95.5 cm³/mol. The van der Waals surface area contributed by atoms with E-state index in [2.05, 4.69) is 10.4 Å². The summed E-state index contributed by atoms with van der Waals surface area (Å²) < 4.78 is 0. The summed E-state index contributed by atoms with van der Waals surface area (Å²) in [5.74, 6) is -2.79. The Morgan fingerprint density at radius 2 is 2.15 bits per heavy atom. The molecule has 1 aliphatic heterocycles. The number of allylic oxidation sites excluding steroid dienone is 1. The van der Waals surface area contributed by atoms with Crippen LogP contribution >= 0.6 is 0 Å². The lowest BCUT2D eigenvalue weighted by Crippen LogP contribution is -2.52. The molecule has 0 aromatic heterocycles. The third-order valence-electron chi connectivity index (χ3n) is 4.01. The highest BCUT2D eigenvalue weighted by molar-refractivity contribution is 6.43. The van der Waals surface area contributed by atoms with Gasteiger partial charge < -0.3 is 25.4 Å². The van der Waals surface area contributed by atoms with E-state index in [9.17, 15) is 25.1 Å². The number of carboxylic acid groups (broad SMARTS) is 1. The molecule has 1 aromatic carbocycles. The smallest absolute Gasteiger partial charge is 0.470 e. The highest BCUT2D eigenvalue weighted by atomic mass is 16.4. The third kappa shape index (κ3) is 5.05. The van der Waals surface area contributed by atoms with E-state index in [1.807, 2.05) is 6.08 Å². The zero-order valence-corrected chi connectivity index (χ0v) is 14.3. The van der Waals surface area contributed by atoms with E-state index in [0.717, 1.165) is 0 Å². The van der Waals surface area contributed by atoms with Crippen molar-refractivity contribution in [1.29, 1.82) is 0 Å². The van der Waals surface area contributed by atoms with Gasteiger partial charge in [-0.2, -0.15) is 5.10 Å². The van der Waals surface area contributed by atoms with Gasteiger partial charge in [0.1, 0.15) is 17.5 Å². The van der Waals surface area contributed by atoms with Crippen LogP contribution in [0.2, 0.25) is 0 Å². The van der Waals surface area contributed by atoms with E-state index < -0.39 is 31.0 Å². The first-order chi connectivity index (χ1) is 12.3. The van der Waals surface area contributed by atoms with Gasteiger partial charge in [-0.3, -0.25) is 10.3 Å². The number of aromatic hydroxyl groups is 1. The molecular weight excluding hydrogens is 341 g/mol. The molecule has 10 heteroatoms. The Bertz CT molecular complexity index is 709. The molecule has 1 heterocycles. The summed E-state index contributed by atoms with van der Waals surface area (Å²) in [6, 6.07) is 4.18. The minimum atomic E-state index is -1.85. The molecule has 0 spiro atoms. The standard InChI is InChI=1S/C16H22BN3O6/c1-20-8-3-2-7-12(19-20)15(22)18-13(17(25)26)9-10-5-4-6-11(14(10)21)16(23)24/h3-6,8,13,15,18,21-22,25-26H,2,7,9H2,1H3,(H,23,24). The first kappa shape index (κ1) is 19.9. The maximum atomic E-state index is 11.1. The third-order valence-corrected chi connectivity index (χ3v) is 4.01. The van der Waals surface area contributed by atoms with Gasteiger partial charge in [-0.1, -0.05) is 18.2 Å². The summed E-state index contributed by atoms with van der Waals surface area (Å²) in [7, 11) is -0.137. The van der Waals surface area contributed by atoms with Crippen molar-refractivity contribution in [2.45, 2.75) is 31.4 Å². The molecule has 0 radical (unpaired) electrons. The number of aliphatic hydroxyl groups is 1. The number of nitrogens with one attached hydrogen (secondary N) is 1. The average molecular weight is 363 g/mol. The van der Waals surface area contributed by atoms with E-state index >= 15 is 0 Å². The zero-order valence-electron chi connectivity index (χ0n) is 14.3. The van der Waals surface area contributed by atoms with Crippen LogP contribution in [0, 0.1) is 0 Å². The Labute approximate surface area is 151 Å². The van der Waals surface area contributed by atoms with Crippen molar-refractivity contribution in [3.05, 3.63) is 41.6 Å². The largest absolute Gasteiger partial charge is 0.507 e. The maximum absolute atomic E-state index is 11.1. The zero-order chi connectivity index (χ0) is 19.3. The van der Waals surface area contributed by atoms with Gasteiger partial charge in [0.25, 0.3) is 0 Å². The molecule has 9 nitrogen and oxygen atoms in total. The van der Waals surface area contributed by atoms with Gasteiger partial charge in [0.2, 0.25) is 0 Å². The minimum Gasteiger partial charge on any atom is -0.507 e. The highest BCUT2D eigenvalue weighted by Crippen LogP contribution is 2.24. The second-order valence-corrected chi connectivity index (χ2v) is 6.00. The summed E-state index contributed by atoms with van der Waals surface area (Å²) in [4.78, 5) is 11.1. The molecule has 0 fully saturated rings. The quantitative estimate of drug-likeness (QED) is 0.281. The van der Waals surface area contributed by atoms with Gasteiger partial charge >= 0.3 is 13.1 Å². The van der Waals surface area contributed by atoms with Crippen molar-refractivity contribution >= 4 is 18.8 Å². The summed E-state index contributed by atoms with van der Waals surface area (Å²) >= 11 is 0. The van der Waals surface area contributed by atoms with Crippen LogP contribution in [-0.4, -0.2) is 68.4 Å². The molecule has 2 rings (SSSR count). The van der Waals surface area contributed by atoms with Crippen LogP contribution in [0.4, 0.5) is 0 Å². The number of hydrogen-bond acceptors (Lipinski definition) is 8. The number of carboxylic acids is 1. The van der Waals surface area contributed by atoms with Gasteiger partial charge in [-0.25, -0.2) is 4.79 Å². The van der Waals surface area contributed by atoms with Crippen LogP contribution in [0.5, 0.6) is 5.75 Å². The SMILES string of the molecule is CN1C=CCCC(C(O)NC(Cc2cccc(C(=O)O)c2O)B(O)O)=N1. The highest BCUT2D eigenvalue weighted by Gasteiger charge is 2.29. The molecule has 2 unspecified atom stereocenters. The molecule has 140 valence electrons. The van der Waals surface area contributed by atoms with Gasteiger partial charge in [0, 0.05) is 19.2 Å². The van der Waals surface area contributed by atoms with Crippen molar-refractivity contribution in [1.82, 2.24) is 10.3 Å². The van der Waals surface area contributed by atoms with Crippen molar-refractivity contribution < 1.29 is 30.2 Å². The number of rotatable bonds is 7. The fraction of sp³-hybridized carbons (Fsp3) is 0.375. The van der Waals surface area contributed by atoms with Gasteiger partial charge in [-0.05, 0) is 30.9 Å². The van der Waals surface area contributed by atoms with Crippen LogP contribution in [0.1, 0.15) is 28.8 Å². The maximum Gasteiger partial charge on any atom is 0.470 e. The summed E-state index contributed by atoms with van der Waals surface area (Å²) in [6.07, 6.45) is 3.49. The molecule has 1 aromatic rings. The number of phenols is 1. The fourth-order valence-corrected chi connectivity index (χ4v) is 2.65. The lowest BCUT2D eigenvalue weighted by Gasteiger charge is -2.23. The second kappa shape index (κ2) is 8.81. The molecular formula is C16H22BN3O6. The number of carbonyl (C=O) groups is 1. The molecule has 26 heavy (non-hydrogen) atoms. The van der Waals surface area contributed by atoms with Crippen LogP contribution in [0.15, 0.2) is 35.6 Å². The number of aromatic carboxylic acids is 1. The monoisotopic (exact) mass is 363 g/mol. The molecule has 0 aliphatic carbocycles. The second-order valence-electron chi connectivity index (χ2n) is 6.00. The number of hydrogen-bond donors (Lipinski definition) is 6. The lowest BCUT2D eigenvalue weighted by atomic mass is 9.75. The normalized spacial score (nSPS) is 16.6. The number of hydrazone groups is 1. The molecule has 0 bridgehead atoms. The Hall–Kier alpha value is -2.40. The minimum absolute atomic E-state index is 0.108. The van der Waals surface area contributed by atoms with Crippen LogP contribution in [0.25, 0.3) is 0 Å². The summed E-state index contributed by atoms with van der Waals surface area (Å²) in [5, 5.41) is 57.1. The van der Waals surface area contributed by atoms with Crippen molar-refractivity contribution in [2.75, 3.05) is 7.05 Å². The van der Waals surface area contributed by atoms with E-state index in [1.54, 1.807) is 18.3 Å². The van der Waals surface area contributed by atoms with E-state index in [4.69, 9.17) is 5.11 Å². The molecule has 0 saturated heterocycles. The molecule has 1 aliphatic rings. The Balaban J connectivity index is 2.15. The van der Waals surface area contributed by atoms with Crippen molar-refractivity contribution in [2.24, 2.45) is 5.10 Å². The molecule has 2 atom stereocenters. The number of aliphatic hydroxyl groups excluding tert-OH is 1. The molecule has 6 N–H and O–H groups in total. The van der Waals surface area contributed by atoms with E-state index in [1.165, 1.54) is 18.2 Å². The van der Waals surface area contributed by atoms with Crippen LogP contribution < -0.4 is 5.32 Å².